The first kappa shape index (κ1) is 25.2. The van der Waals surface area contributed by atoms with Crippen LogP contribution in [0.3, 0.4) is 0 Å². The Hall–Kier alpha value is -1.87. The molecule has 160 valence electrons. The minimum atomic E-state index is -4.27. The van der Waals surface area contributed by atoms with E-state index in [1.807, 2.05) is 31.2 Å². The summed E-state index contributed by atoms with van der Waals surface area (Å²) in [6.45, 7) is 2.04. The van der Waals surface area contributed by atoms with Crippen molar-refractivity contribution < 1.29 is 22.9 Å². The smallest absolute Gasteiger partial charge is 0.229 e. The van der Waals surface area contributed by atoms with Gasteiger partial charge < -0.3 is 15.0 Å². The predicted octanol–water partition coefficient (Wildman–Crippen LogP) is 2.72. The molecule has 0 bridgehead atoms. The van der Waals surface area contributed by atoms with Gasteiger partial charge in [-0.3, -0.25) is 4.79 Å². The fourth-order valence-electron chi connectivity index (χ4n) is 2.26. The van der Waals surface area contributed by atoms with E-state index in [-0.39, 0.29) is 17.4 Å². The summed E-state index contributed by atoms with van der Waals surface area (Å²) in [6, 6.07) is 13.6. The molecule has 0 spiro atoms. The first-order chi connectivity index (χ1) is 13.6. The Labute approximate surface area is 176 Å². The van der Waals surface area contributed by atoms with Crippen molar-refractivity contribution in [1.82, 2.24) is 0 Å². The largest absolute Gasteiger partial charge is 0.744 e. The molecule has 2 aromatic rings. The van der Waals surface area contributed by atoms with Crippen molar-refractivity contribution in [1.29, 1.82) is 0 Å². The van der Waals surface area contributed by atoms with Crippen molar-refractivity contribution in [3.63, 3.8) is 0 Å². The molecule has 0 aliphatic heterocycles. The Morgan fingerprint density at radius 3 is 2.14 bits per heavy atom. The topological polar surface area (TPSA) is 107 Å². The van der Waals surface area contributed by atoms with E-state index in [9.17, 15) is 17.8 Å². The standard InChI is InChI=1S/C14H21NO2S.C7H8O3S/c1-18(2)11-9-14(17)15-13-7-5-12(6-8-13)4-3-10-16;1-6-2-4-7(5-3-6)11(8,9)10/h5-8,16H,3-4,9-11H2,1-2H3;2-5H,1H3,(H,8,9,10). The number of anilines is 1. The van der Waals surface area contributed by atoms with Crippen LogP contribution in [0.25, 0.3) is 0 Å². The minimum absolute atomic E-state index is 0.0827. The molecule has 0 radical (unpaired) electrons. The Morgan fingerprint density at radius 1 is 1.07 bits per heavy atom. The van der Waals surface area contributed by atoms with Gasteiger partial charge >= 0.3 is 0 Å². The number of rotatable bonds is 8. The summed E-state index contributed by atoms with van der Waals surface area (Å²) in [4.78, 5) is 11.5. The van der Waals surface area contributed by atoms with E-state index in [4.69, 9.17) is 5.11 Å². The van der Waals surface area contributed by atoms with Gasteiger partial charge in [0.2, 0.25) is 5.91 Å². The van der Waals surface area contributed by atoms with Crippen molar-refractivity contribution >= 4 is 32.6 Å². The quantitative estimate of drug-likeness (QED) is 0.486. The highest BCUT2D eigenvalue weighted by molar-refractivity contribution is 7.95. The van der Waals surface area contributed by atoms with Crippen LogP contribution in [-0.2, 0) is 32.2 Å². The van der Waals surface area contributed by atoms with Gasteiger partial charge in [-0.15, -0.1) is 0 Å². The average Bonchev–Trinajstić information content (AvgIpc) is 2.66. The zero-order valence-corrected chi connectivity index (χ0v) is 18.7. The number of hydrogen-bond acceptors (Lipinski definition) is 5. The number of nitrogens with one attached hydrogen (secondary N) is 1. The maximum atomic E-state index is 11.6. The molecular formula is C21H29NO5S2. The van der Waals surface area contributed by atoms with Crippen LogP contribution in [-0.4, -0.2) is 48.9 Å². The first-order valence-corrected chi connectivity index (χ1v) is 12.8. The van der Waals surface area contributed by atoms with Crippen LogP contribution < -0.4 is 5.32 Å². The number of carbonyl (C=O) groups is 1. The molecule has 8 heteroatoms. The summed E-state index contributed by atoms with van der Waals surface area (Å²) in [6.07, 6.45) is 6.52. The number of amides is 1. The molecule has 0 aliphatic rings. The zero-order chi connectivity index (χ0) is 21.9. The maximum absolute atomic E-state index is 11.6. The van der Waals surface area contributed by atoms with Crippen molar-refractivity contribution in [2.75, 3.05) is 30.2 Å². The van der Waals surface area contributed by atoms with E-state index in [1.54, 1.807) is 12.1 Å². The van der Waals surface area contributed by atoms with Crippen LogP contribution in [0.2, 0.25) is 0 Å². The normalized spacial score (nSPS) is 11.0. The number of aliphatic hydroxyl groups is 1. The summed E-state index contributed by atoms with van der Waals surface area (Å²) in [5, 5.41) is 11.6. The lowest BCUT2D eigenvalue weighted by atomic mass is 10.1. The molecular weight excluding hydrogens is 410 g/mol. The summed E-state index contributed by atoms with van der Waals surface area (Å²) in [5.74, 6) is 1.03. The van der Waals surface area contributed by atoms with Gasteiger partial charge in [0, 0.05) is 12.3 Å². The van der Waals surface area contributed by atoms with Crippen LogP contribution in [0, 0.1) is 6.92 Å². The molecule has 2 N–H and O–H groups in total. The molecule has 0 unspecified atom stereocenters. The second-order valence-electron chi connectivity index (χ2n) is 6.78. The lowest BCUT2D eigenvalue weighted by Crippen LogP contribution is -2.16. The van der Waals surface area contributed by atoms with Gasteiger partial charge in [0.25, 0.3) is 0 Å². The number of benzene rings is 2. The van der Waals surface area contributed by atoms with Crippen LogP contribution >= 0.6 is 0 Å². The molecule has 0 saturated heterocycles. The van der Waals surface area contributed by atoms with Crippen LogP contribution in [0.15, 0.2) is 53.4 Å². The van der Waals surface area contributed by atoms with Gasteiger partial charge in [0.1, 0.15) is 15.9 Å². The molecule has 29 heavy (non-hydrogen) atoms. The van der Waals surface area contributed by atoms with Crippen molar-refractivity contribution in [2.24, 2.45) is 0 Å². The fraction of sp³-hybridized carbons (Fsp3) is 0.381. The third-order valence-electron chi connectivity index (χ3n) is 3.91. The number of aliphatic hydroxyl groups excluding tert-OH is 1. The van der Waals surface area contributed by atoms with Gasteiger partial charge in [-0.2, -0.15) is 0 Å². The zero-order valence-electron chi connectivity index (χ0n) is 17.1. The SMILES string of the molecule is C[S+](C)CCC(=O)Nc1ccc(CCCO)cc1.Cc1ccc(S(=O)(=O)[O-])cc1. The van der Waals surface area contributed by atoms with Gasteiger partial charge in [-0.25, -0.2) is 8.42 Å². The Kier molecular flexibility index (Phi) is 11.0. The molecule has 0 fully saturated rings. The Bertz CT molecular complexity index is 848. The fourth-order valence-corrected chi connectivity index (χ4v) is 3.33. The van der Waals surface area contributed by atoms with Crippen LogP contribution in [0.1, 0.15) is 24.0 Å². The highest BCUT2D eigenvalue weighted by Crippen LogP contribution is 2.11. The van der Waals surface area contributed by atoms with Crippen LogP contribution in [0.5, 0.6) is 0 Å². The lowest BCUT2D eigenvalue weighted by molar-refractivity contribution is -0.115. The van der Waals surface area contributed by atoms with E-state index >= 15 is 0 Å². The molecule has 0 heterocycles. The van der Waals surface area contributed by atoms with Gasteiger partial charge in [-0.05, 0) is 60.5 Å². The monoisotopic (exact) mass is 439 g/mol. The second kappa shape index (κ2) is 12.6. The summed E-state index contributed by atoms with van der Waals surface area (Å²) < 4.78 is 31.2. The molecule has 2 aromatic carbocycles. The number of hydrogen-bond donors (Lipinski definition) is 2. The summed E-state index contributed by atoms with van der Waals surface area (Å²) >= 11 is 0. The number of carbonyl (C=O) groups excluding carboxylic acids is 1. The third-order valence-corrected chi connectivity index (χ3v) is 5.78. The molecule has 0 aromatic heterocycles. The van der Waals surface area contributed by atoms with Gasteiger partial charge in [0.05, 0.1) is 23.8 Å². The van der Waals surface area contributed by atoms with E-state index in [1.165, 1.54) is 17.7 Å². The number of aryl methyl sites for hydroxylation is 2. The summed E-state index contributed by atoms with van der Waals surface area (Å²) in [5.41, 5.74) is 2.96. The molecule has 1 amide bonds. The van der Waals surface area contributed by atoms with E-state index in [2.05, 4.69) is 17.8 Å². The molecule has 6 nitrogen and oxygen atoms in total. The second-order valence-corrected chi connectivity index (χ2v) is 10.5. The lowest BCUT2D eigenvalue weighted by Gasteiger charge is -2.06. The highest BCUT2D eigenvalue weighted by atomic mass is 32.2. The summed E-state index contributed by atoms with van der Waals surface area (Å²) in [7, 11) is -3.96. The van der Waals surface area contributed by atoms with E-state index in [0.29, 0.717) is 17.3 Å². The molecule has 0 aliphatic carbocycles. The van der Waals surface area contributed by atoms with Gasteiger partial charge in [-0.1, -0.05) is 29.8 Å². The van der Waals surface area contributed by atoms with E-state index in [0.717, 1.165) is 29.8 Å². The Balaban J connectivity index is 0.000000326. The van der Waals surface area contributed by atoms with Crippen molar-refractivity contribution in [3.05, 3.63) is 59.7 Å². The molecule has 0 saturated carbocycles. The molecule has 0 atom stereocenters. The Morgan fingerprint density at radius 2 is 1.66 bits per heavy atom. The minimum Gasteiger partial charge on any atom is -0.744 e. The van der Waals surface area contributed by atoms with E-state index < -0.39 is 10.1 Å². The highest BCUT2D eigenvalue weighted by Gasteiger charge is 2.08. The molecule has 2 rings (SSSR count). The maximum Gasteiger partial charge on any atom is 0.229 e. The predicted molar refractivity (Wildman–Crippen MR) is 118 cm³/mol. The van der Waals surface area contributed by atoms with Crippen LogP contribution in [0.4, 0.5) is 5.69 Å². The van der Waals surface area contributed by atoms with Crippen molar-refractivity contribution in [2.45, 2.75) is 31.1 Å². The van der Waals surface area contributed by atoms with Crippen molar-refractivity contribution in [3.8, 4) is 0 Å². The third kappa shape index (κ3) is 11.0. The first-order valence-electron chi connectivity index (χ1n) is 9.18. The average molecular weight is 440 g/mol. The van der Waals surface area contributed by atoms with Gasteiger partial charge in [0.15, 0.2) is 0 Å².